The van der Waals surface area contributed by atoms with Crippen molar-refractivity contribution in [3.05, 3.63) is 24.3 Å². The van der Waals surface area contributed by atoms with Gasteiger partial charge in [0.1, 0.15) is 12.4 Å². The molecule has 21 heavy (non-hydrogen) atoms. The lowest BCUT2D eigenvalue weighted by atomic mass is 10.1. The molecule has 7 heteroatoms. The maximum atomic E-state index is 12.5. The Bertz CT molecular complexity index is 545. The number of hydrogen-bond acceptors (Lipinski definition) is 5. The van der Waals surface area contributed by atoms with Gasteiger partial charge in [-0.15, -0.1) is 0 Å². The van der Waals surface area contributed by atoms with E-state index in [1.54, 1.807) is 31.4 Å². The molecule has 0 aliphatic carbocycles. The monoisotopic (exact) mass is 314 g/mol. The fourth-order valence-corrected chi connectivity index (χ4v) is 3.83. The van der Waals surface area contributed by atoms with E-state index in [1.807, 2.05) is 0 Å². The van der Waals surface area contributed by atoms with Crippen molar-refractivity contribution in [3.8, 4) is 5.75 Å². The second-order valence-corrected chi connectivity index (χ2v) is 7.02. The Balaban J connectivity index is 2.06. The molecule has 2 rings (SSSR count). The van der Waals surface area contributed by atoms with Crippen molar-refractivity contribution in [3.63, 3.8) is 0 Å². The normalized spacial score (nSPS) is 20.4. The zero-order valence-corrected chi connectivity index (χ0v) is 13.0. The number of piperidine rings is 1. The van der Waals surface area contributed by atoms with Crippen LogP contribution in [0.25, 0.3) is 0 Å². The quantitative estimate of drug-likeness (QED) is 0.786. The van der Waals surface area contributed by atoms with E-state index < -0.39 is 10.0 Å². The Kier molecular flexibility index (Phi) is 5.58. The van der Waals surface area contributed by atoms with Crippen LogP contribution in [0.3, 0.4) is 0 Å². The lowest BCUT2D eigenvalue weighted by Gasteiger charge is -2.29. The first kappa shape index (κ1) is 16.2. The Morgan fingerprint density at radius 3 is 2.62 bits per heavy atom. The van der Waals surface area contributed by atoms with Crippen LogP contribution in [0.2, 0.25) is 0 Å². The molecule has 0 bridgehead atoms. The van der Waals surface area contributed by atoms with Gasteiger partial charge < -0.3 is 15.2 Å². The van der Waals surface area contributed by atoms with Crippen molar-refractivity contribution in [2.24, 2.45) is 5.73 Å². The Hall–Kier alpha value is -1.15. The molecular weight excluding hydrogens is 292 g/mol. The predicted octanol–water partition coefficient (Wildman–Crippen LogP) is 0.824. The van der Waals surface area contributed by atoms with Crippen LogP contribution in [0.5, 0.6) is 5.75 Å². The van der Waals surface area contributed by atoms with Crippen molar-refractivity contribution in [1.82, 2.24) is 4.31 Å². The summed E-state index contributed by atoms with van der Waals surface area (Å²) in [7, 11) is -1.86. The fourth-order valence-electron chi connectivity index (χ4n) is 2.29. The van der Waals surface area contributed by atoms with E-state index in [2.05, 4.69) is 0 Å². The standard InChI is InChI=1S/C14H22N2O4S/c1-19-9-10-20-13-4-6-14(7-5-13)21(17,18)16-8-2-3-12(15)11-16/h4-7,12H,2-3,8-11,15H2,1H3/t12-/m1/s1. The van der Waals surface area contributed by atoms with Gasteiger partial charge in [0.25, 0.3) is 0 Å². The van der Waals surface area contributed by atoms with Gasteiger partial charge in [0.05, 0.1) is 11.5 Å². The highest BCUT2D eigenvalue weighted by molar-refractivity contribution is 7.89. The van der Waals surface area contributed by atoms with E-state index in [1.165, 1.54) is 4.31 Å². The number of ether oxygens (including phenoxy) is 2. The molecule has 0 spiro atoms. The second-order valence-electron chi connectivity index (χ2n) is 5.08. The van der Waals surface area contributed by atoms with Gasteiger partial charge in [0, 0.05) is 26.2 Å². The molecule has 1 atom stereocenters. The van der Waals surface area contributed by atoms with Crippen LogP contribution in [-0.4, -0.2) is 52.2 Å². The summed E-state index contributed by atoms with van der Waals surface area (Å²) in [6.45, 7) is 1.84. The Morgan fingerprint density at radius 1 is 1.29 bits per heavy atom. The van der Waals surface area contributed by atoms with Crippen LogP contribution < -0.4 is 10.5 Å². The lowest BCUT2D eigenvalue weighted by Crippen LogP contribution is -2.45. The number of hydrogen-bond donors (Lipinski definition) is 1. The van der Waals surface area contributed by atoms with E-state index in [-0.39, 0.29) is 10.9 Å². The van der Waals surface area contributed by atoms with Crippen molar-refractivity contribution in [1.29, 1.82) is 0 Å². The third kappa shape index (κ3) is 4.16. The number of nitrogens with zero attached hydrogens (tertiary/aromatic N) is 1. The molecule has 0 unspecified atom stereocenters. The molecule has 6 nitrogen and oxygen atoms in total. The molecule has 1 aliphatic rings. The molecule has 1 fully saturated rings. The minimum atomic E-state index is -3.46. The summed E-state index contributed by atoms with van der Waals surface area (Å²) >= 11 is 0. The summed E-state index contributed by atoms with van der Waals surface area (Å²) < 4.78 is 36.8. The fraction of sp³-hybridized carbons (Fsp3) is 0.571. The van der Waals surface area contributed by atoms with E-state index in [0.29, 0.717) is 32.1 Å². The van der Waals surface area contributed by atoms with Gasteiger partial charge in [-0.05, 0) is 37.1 Å². The van der Waals surface area contributed by atoms with Gasteiger partial charge in [-0.25, -0.2) is 8.42 Å². The average molecular weight is 314 g/mol. The van der Waals surface area contributed by atoms with Gasteiger partial charge in [0.15, 0.2) is 0 Å². The van der Waals surface area contributed by atoms with Gasteiger partial charge in [-0.3, -0.25) is 0 Å². The van der Waals surface area contributed by atoms with E-state index in [4.69, 9.17) is 15.2 Å². The van der Waals surface area contributed by atoms with Crippen molar-refractivity contribution >= 4 is 10.0 Å². The molecule has 0 aromatic heterocycles. The van der Waals surface area contributed by atoms with Crippen molar-refractivity contribution < 1.29 is 17.9 Å². The summed E-state index contributed by atoms with van der Waals surface area (Å²) in [5.41, 5.74) is 5.85. The highest BCUT2D eigenvalue weighted by Gasteiger charge is 2.28. The van der Waals surface area contributed by atoms with Crippen LogP contribution in [0.15, 0.2) is 29.2 Å². The van der Waals surface area contributed by atoms with Gasteiger partial charge in [-0.1, -0.05) is 0 Å². The summed E-state index contributed by atoms with van der Waals surface area (Å²) in [6, 6.07) is 6.37. The van der Waals surface area contributed by atoms with Crippen LogP contribution in [-0.2, 0) is 14.8 Å². The average Bonchev–Trinajstić information content (AvgIpc) is 2.48. The molecule has 1 aromatic rings. The van der Waals surface area contributed by atoms with Gasteiger partial charge in [0.2, 0.25) is 10.0 Å². The van der Waals surface area contributed by atoms with E-state index in [9.17, 15) is 8.42 Å². The Labute approximate surface area is 125 Å². The minimum absolute atomic E-state index is 0.0785. The first-order valence-electron chi connectivity index (χ1n) is 7.01. The number of benzene rings is 1. The first-order chi connectivity index (χ1) is 10.0. The highest BCUT2D eigenvalue weighted by Crippen LogP contribution is 2.22. The Morgan fingerprint density at radius 2 is 2.00 bits per heavy atom. The largest absolute Gasteiger partial charge is 0.491 e. The summed E-state index contributed by atoms with van der Waals surface area (Å²) in [4.78, 5) is 0.274. The predicted molar refractivity (Wildman–Crippen MR) is 79.8 cm³/mol. The molecular formula is C14H22N2O4S. The summed E-state index contributed by atoms with van der Waals surface area (Å²) in [5.74, 6) is 0.626. The zero-order valence-electron chi connectivity index (χ0n) is 12.2. The molecule has 2 N–H and O–H groups in total. The molecule has 0 amide bonds. The highest BCUT2D eigenvalue weighted by atomic mass is 32.2. The maximum absolute atomic E-state index is 12.5. The third-order valence-corrected chi connectivity index (χ3v) is 5.32. The SMILES string of the molecule is COCCOc1ccc(S(=O)(=O)N2CCC[C@@H](N)C2)cc1. The van der Waals surface area contributed by atoms with Crippen LogP contribution in [0.1, 0.15) is 12.8 Å². The molecule has 0 radical (unpaired) electrons. The second kappa shape index (κ2) is 7.22. The molecule has 1 aliphatic heterocycles. The smallest absolute Gasteiger partial charge is 0.243 e. The van der Waals surface area contributed by atoms with Crippen LogP contribution in [0, 0.1) is 0 Å². The van der Waals surface area contributed by atoms with Crippen molar-refractivity contribution in [2.45, 2.75) is 23.8 Å². The first-order valence-corrected chi connectivity index (χ1v) is 8.45. The number of nitrogens with two attached hydrogens (primary N) is 1. The number of rotatable bonds is 6. The van der Waals surface area contributed by atoms with Crippen LogP contribution >= 0.6 is 0 Å². The van der Waals surface area contributed by atoms with E-state index in [0.717, 1.165) is 12.8 Å². The zero-order chi connectivity index (χ0) is 15.3. The number of methoxy groups -OCH3 is 1. The summed E-state index contributed by atoms with van der Waals surface area (Å²) in [6.07, 6.45) is 1.68. The maximum Gasteiger partial charge on any atom is 0.243 e. The van der Waals surface area contributed by atoms with Gasteiger partial charge in [-0.2, -0.15) is 4.31 Å². The molecule has 118 valence electrons. The lowest BCUT2D eigenvalue weighted by molar-refractivity contribution is 0.146. The third-order valence-electron chi connectivity index (χ3n) is 3.44. The summed E-state index contributed by atoms with van der Waals surface area (Å²) in [5, 5.41) is 0. The van der Waals surface area contributed by atoms with Crippen LogP contribution in [0.4, 0.5) is 0 Å². The minimum Gasteiger partial charge on any atom is -0.491 e. The molecule has 1 heterocycles. The molecule has 1 saturated heterocycles. The van der Waals surface area contributed by atoms with Crippen molar-refractivity contribution in [2.75, 3.05) is 33.4 Å². The van der Waals surface area contributed by atoms with Gasteiger partial charge >= 0.3 is 0 Å². The topological polar surface area (TPSA) is 81.9 Å². The molecule has 0 saturated carbocycles. The number of sulfonamides is 1. The molecule has 1 aromatic carbocycles. The van der Waals surface area contributed by atoms with E-state index >= 15 is 0 Å².